The van der Waals surface area contributed by atoms with Gasteiger partial charge in [0.25, 0.3) is 0 Å². The van der Waals surface area contributed by atoms with E-state index in [4.69, 9.17) is 17.2 Å². The SMILES string of the molecule is NCCCC(CN)C(N)=O. The lowest BCUT2D eigenvalue weighted by atomic mass is 10.0. The fourth-order valence-electron chi connectivity index (χ4n) is 0.741. The molecule has 60 valence electrons. The molecule has 0 aromatic rings. The van der Waals surface area contributed by atoms with Crippen LogP contribution in [-0.4, -0.2) is 19.0 Å². The number of hydrogen-bond donors (Lipinski definition) is 3. The molecular weight excluding hydrogens is 130 g/mol. The largest absolute Gasteiger partial charge is 0.369 e. The predicted molar refractivity (Wildman–Crippen MR) is 40.0 cm³/mol. The van der Waals surface area contributed by atoms with E-state index in [1.807, 2.05) is 0 Å². The molecule has 6 N–H and O–H groups in total. The van der Waals surface area contributed by atoms with E-state index < -0.39 is 0 Å². The van der Waals surface area contributed by atoms with Gasteiger partial charge in [0.1, 0.15) is 0 Å². The normalized spacial score (nSPS) is 13.0. The monoisotopic (exact) mass is 145 g/mol. The fraction of sp³-hybridized carbons (Fsp3) is 0.833. The molecule has 0 aliphatic carbocycles. The van der Waals surface area contributed by atoms with Crippen molar-refractivity contribution in [3.8, 4) is 0 Å². The summed E-state index contributed by atoms with van der Waals surface area (Å²) in [4.78, 5) is 10.5. The van der Waals surface area contributed by atoms with Crippen LogP contribution in [0, 0.1) is 5.92 Å². The van der Waals surface area contributed by atoms with E-state index in [1.54, 1.807) is 0 Å². The van der Waals surface area contributed by atoms with Crippen molar-refractivity contribution in [2.75, 3.05) is 13.1 Å². The number of nitrogens with two attached hydrogens (primary N) is 3. The minimum atomic E-state index is -0.323. The first-order valence-electron chi connectivity index (χ1n) is 3.41. The Morgan fingerprint density at radius 1 is 1.40 bits per heavy atom. The maximum atomic E-state index is 10.5. The fourth-order valence-corrected chi connectivity index (χ4v) is 0.741. The molecule has 0 saturated carbocycles. The zero-order valence-electron chi connectivity index (χ0n) is 6.05. The predicted octanol–water partition coefficient (Wildman–Crippen LogP) is -1.21. The Balaban J connectivity index is 3.50. The highest BCUT2D eigenvalue weighted by molar-refractivity contribution is 5.76. The standard InChI is InChI=1S/C6H15N3O/c7-3-1-2-5(4-8)6(9)10/h5H,1-4,7-8H2,(H2,9,10). The quantitative estimate of drug-likeness (QED) is 0.452. The highest BCUT2D eigenvalue weighted by Crippen LogP contribution is 2.01. The summed E-state index contributed by atoms with van der Waals surface area (Å²) < 4.78 is 0. The Kier molecular flexibility index (Phi) is 4.88. The van der Waals surface area contributed by atoms with Gasteiger partial charge in [0.2, 0.25) is 5.91 Å². The molecule has 0 rings (SSSR count). The van der Waals surface area contributed by atoms with Crippen molar-refractivity contribution < 1.29 is 4.79 Å². The third-order valence-corrected chi connectivity index (χ3v) is 1.44. The lowest BCUT2D eigenvalue weighted by molar-refractivity contribution is -0.121. The highest BCUT2D eigenvalue weighted by atomic mass is 16.1. The molecule has 0 bridgehead atoms. The third-order valence-electron chi connectivity index (χ3n) is 1.44. The van der Waals surface area contributed by atoms with E-state index in [-0.39, 0.29) is 11.8 Å². The number of primary amides is 1. The summed E-state index contributed by atoms with van der Waals surface area (Å²) in [6.45, 7) is 0.916. The highest BCUT2D eigenvalue weighted by Gasteiger charge is 2.11. The first kappa shape index (κ1) is 9.39. The minimum Gasteiger partial charge on any atom is -0.369 e. The Labute approximate surface area is 60.7 Å². The number of carbonyl (C=O) groups is 1. The second-order valence-corrected chi connectivity index (χ2v) is 2.27. The molecule has 0 aromatic carbocycles. The Morgan fingerprint density at radius 3 is 2.30 bits per heavy atom. The maximum Gasteiger partial charge on any atom is 0.221 e. The van der Waals surface area contributed by atoms with Crippen LogP contribution in [0.15, 0.2) is 0 Å². The van der Waals surface area contributed by atoms with Gasteiger partial charge in [-0.15, -0.1) is 0 Å². The average Bonchev–Trinajstić information content (AvgIpc) is 1.89. The average molecular weight is 145 g/mol. The van der Waals surface area contributed by atoms with Crippen LogP contribution < -0.4 is 17.2 Å². The zero-order valence-corrected chi connectivity index (χ0v) is 6.05. The lowest BCUT2D eigenvalue weighted by Gasteiger charge is -2.08. The van der Waals surface area contributed by atoms with Crippen LogP contribution in [-0.2, 0) is 4.79 Å². The summed E-state index contributed by atoms with van der Waals surface area (Å²) in [7, 11) is 0. The van der Waals surface area contributed by atoms with E-state index in [0.717, 1.165) is 6.42 Å². The molecule has 4 nitrogen and oxygen atoms in total. The van der Waals surface area contributed by atoms with Crippen LogP contribution in [0.1, 0.15) is 12.8 Å². The van der Waals surface area contributed by atoms with Crippen molar-refractivity contribution in [2.24, 2.45) is 23.1 Å². The molecule has 10 heavy (non-hydrogen) atoms. The van der Waals surface area contributed by atoms with Crippen LogP contribution in [0.5, 0.6) is 0 Å². The topological polar surface area (TPSA) is 95.1 Å². The van der Waals surface area contributed by atoms with Crippen molar-refractivity contribution >= 4 is 5.91 Å². The minimum absolute atomic E-state index is 0.191. The molecule has 0 radical (unpaired) electrons. The summed E-state index contributed by atoms with van der Waals surface area (Å²) in [5, 5.41) is 0. The second kappa shape index (κ2) is 5.20. The van der Waals surface area contributed by atoms with E-state index in [1.165, 1.54) is 0 Å². The second-order valence-electron chi connectivity index (χ2n) is 2.27. The summed E-state index contributed by atoms with van der Waals surface area (Å²) in [5.74, 6) is -0.514. The molecular formula is C6H15N3O. The smallest absolute Gasteiger partial charge is 0.221 e. The van der Waals surface area contributed by atoms with Gasteiger partial charge in [0.05, 0.1) is 0 Å². The van der Waals surface area contributed by atoms with Gasteiger partial charge in [0.15, 0.2) is 0 Å². The van der Waals surface area contributed by atoms with Crippen LogP contribution in [0.2, 0.25) is 0 Å². The molecule has 0 spiro atoms. The molecule has 0 aromatic heterocycles. The maximum absolute atomic E-state index is 10.5. The summed E-state index contributed by atoms with van der Waals surface area (Å²) in [6, 6.07) is 0. The molecule has 0 saturated heterocycles. The van der Waals surface area contributed by atoms with Gasteiger partial charge >= 0.3 is 0 Å². The van der Waals surface area contributed by atoms with E-state index >= 15 is 0 Å². The van der Waals surface area contributed by atoms with Gasteiger partial charge in [-0.05, 0) is 19.4 Å². The molecule has 1 amide bonds. The first-order chi connectivity index (χ1) is 4.72. The number of carbonyl (C=O) groups excluding carboxylic acids is 1. The summed E-state index contributed by atoms with van der Waals surface area (Å²) in [6.07, 6.45) is 1.52. The Morgan fingerprint density at radius 2 is 2.00 bits per heavy atom. The van der Waals surface area contributed by atoms with Crippen LogP contribution in [0.25, 0.3) is 0 Å². The van der Waals surface area contributed by atoms with Crippen LogP contribution in [0.3, 0.4) is 0 Å². The Hall–Kier alpha value is -0.610. The molecule has 0 aliphatic rings. The van der Waals surface area contributed by atoms with Gasteiger partial charge < -0.3 is 17.2 Å². The first-order valence-corrected chi connectivity index (χ1v) is 3.41. The molecule has 1 unspecified atom stereocenters. The van der Waals surface area contributed by atoms with Gasteiger partial charge in [-0.2, -0.15) is 0 Å². The van der Waals surface area contributed by atoms with E-state index in [9.17, 15) is 4.79 Å². The number of amides is 1. The summed E-state index contributed by atoms with van der Waals surface area (Å²) in [5.41, 5.74) is 15.5. The lowest BCUT2D eigenvalue weighted by Crippen LogP contribution is -2.30. The van der Waals surface area contributed by atoms with Crippen molar-refractivity contribution in [2.45, 2.75) is 12.8 Å². The van der Waals surface area contributed by atoms with Crippen LogP contribution in [0.4, 0.5) is 0 Å². The third kappa shape index (κ3) is 3.42. The molecule has 0 heterocycles. The van der Waals surface area contributed by atoms with Crippen LogP contribution >= 0.6 is 0 Å². The van der Waals surface area contributed by atoms with Crippen molar-refractivity contribution in [3.63, 3.8) is 0 Å². The number of rotatable bonds is 5. The van der Waals surface area contributed by atoms with Gasteiger partial charge in [-0.3, -0.25) is 4.79 Å². The van der Waals surface area contributed by atoms with E-state index in [2.05, 4.69) is 0 Å². The van der Waals surface area contributed by atoms with Gasteiger partial charge in [0, 0.05) is 12.5 Å². The van der Waals surface area contributed by atoms with E-state index in [0.29, 0.717) is 19.5 Å². The Bertz CT molecular complexity index is 105. The molecule has 4 heteroatoms. The van der Waals surface area contributed by atoms with Crippen molar-refractivity contribution in [1.29, 1.82) is 0 Å². The number of hydrogen-bond acceptors (Lipinski definition) is 3. The van der Waals surface area contributed by atoms with Crippen molar-refractivity contribution in [3.05, 3.63) is 0 Å². The van der Waals surface area contributed by atoms with Crippen molar-refractivity contribution in [1.82, 2.24) is 0 Å². The molecule has 0 aliphatic heterocycles. The zero-order chi connectivity index (χ0) is 7.98. The molecule has 1 atom stereocenters. The van der Waals surface area contributed by atoms with Gasteiger partial charge in [-0.25, -0.2) is 0 Å². The summed E-state index contributed by atoms with van der Waals surface area (Å²) >= 11 is 0. The molecule has 0 fully saturated rings. The van der Waals surface area contributed by atoms with Gasteiger partial charge in [-0.1, -0.05) is 0 Å².